The van der Waals surface area contributed by atoms with Crippen molar-refractivity contribution in [1.82, 2.24) is 5.32 Å². The third-order valence-corrected chi connectivity index (χ3v) is 13.6. The normalized spacial score (nSPS) is 20.0. The van der Waals surface area contributed by atoms with Crippen LogP contribution in [-0.4, -0.2) is 73.2 Å². The van der Waals surface area contributed by atoms with Gasteiger partial charge in [0.2, 0.25) is 11.6 Å². The zero-order chi connectivity index (χ0) is 42.1. The predicted molar refractivity (Wildman–Crippen MR) is 233 cm³/mol. The van der Waals surface area contributed by atoms with Crippen molar-refractivity contribution in [2.75, 3.05) is 44.0 Å². The Hall–Kier alpha value is -3.35. The lowest BCUT2D eigenvalue weighted by Gasteiger charge is -2.27. The number of unbranched alkanes of at least 4 members (excludes halogenated alkanes) is 3. The number of hydrogen-bond donors (Lipinski definition) is 3. The van der Waals surface area contributed by atoms with Crippen molar-refractivity contribution in [2.45, 2.75) is 103 Å². The van der Waals surface area contributed by atoms with Crippen LogP contribution in [0.15, 0.2) is 94.7 Å². The van der Waals surface area contributed by atoms with Gasteiger partial charge in [0.25, 0.3) is 10.1 Å². The molecule has 58 heavy (non-hydrogen) atoms. The molecule has 3 N–H and O–H groups in total. The SMILES string of the molecule is COP(=O)(O)OCCCNC(=O)CCCCC[N+]1=C(C=CC2=C(Cl)C(=CC=C3N(CCCCS(=O)(=O)O)c4ccccc4C3(C)C)CCC2)C(C)(C)c2ccccc21. The molecule has 0 radical (unpaired) electrons. The molecule has 0 spiro atoms. The highest BCUT2D eigenvalue weighted by Gasteiger charge is 2.44. The summed E-state index contributed by atoms with van der Waals surface area (Å²) in [6.45, 7) is 10.8. The van der Waals surface area contributed by atoms with Gasteiger partial charge in [-0.05, 0) is 94.1 Å². The number of fused-ring (bicyclic) bond motifs is 2. The minimum atomic E-state index is -4.00. The molecule has 1 atom stereocenters. The first-order valence-electron chi connectivity index (χ1n) is 20.3. The van der Waals surface area contributed by atoms with E-state index in [9.17, 15) is 27.2 Å². The number of hydrogen-bond acceptors (Lipinski definition) is 7. The maximum atomic E-state index is 12.4. The molecule has 0 saturated carbocycles. The van der Waals surface area contributed by atoms with Crippen molar-refractivity contribution in [3.8, 4) is 0 Å². The molecule has 316 valence electrons. The summed E-state index contributed by atoms with van der Waals surface area (Å²) in [5.41, 5.74) is 8.86. The molecular weight excluding hydrogens is 797 g/mol. The third kappa shape index (κ3) is 11.5. The Labute approximate surface area is 349 Å². The smallest absolute Gasteiger partial charge is 0.356 e. The Kier molecular flexibility index (Phi) is 15.6. The minimum Gasteiger partial charge on any atom is -0.356 e. The molecule has 0 bridgehead atoms. The molecule has 0 fully saturated rings. The van der Waals surface area contributed by atoms with Gasteiger partial charge in [0.15, 0.2) is 5.71 Å². The number of nitrogens with zero attached hydrogens (tertiary/aromatic N) is 2. The van der Waals surface area contributed by atoms with Crippen LogP contribution >= 0.6 is 19.4 Å². The van der Waals surface area contributed by atoms with Crippen molar-refractivity contribution in [3.05, 3.63) is 106 Å². The summed E-state index contributed by atoms with van der Waals surface area (Å²) >= 11 is 7.22. The molecule has 2 aromatic carbocycles. The second-order valence-corrected chi connectivity index (χ2v) is 19.7. The fraction of sp³-hybridized carbons (Fsp3) is 0.500. The zero-order valence-corrected chi connectivity index (χ0v) is 37.0. The fourth-order valence-corrected chi connectivity index (χ4v) is 9.59. The van der Waals surface area contributed by atoms with Crippen LogP contribution in [-0.2, 0) is 39.4 Å². The summed E-state index contributed by atoms with van der Waals surface area (Å²) in [6.07, 6.45) is 15.9. The van der Waals surface area contributed by atoms with E-state index in [1.807, 2.05) is 6.07 Å². The van der Waals surface area contributed by atoms with Gasteiger partial charge in [-0.25, -0.2) is 4.57 Å². The predicted octanol–water partition coefficient (Wildman–Crippen LogP) is 9.40. The van der Waals surface area contributed by atoms with Gasteiger partial charge in [0, 0.05) is 72.6 Å². The van der Waals surface area contributed by atoms with E-state index in [0.717, 1.165) is 79.7 Å². The summed E-state index contributed by atoms with van der Waals surface area (Å²) in [5.74, 6) is -0.297. The summed E-state index contributed by atoms with van der Waals surface area (Å²) in [6, 6.07) is 16.9. The molecule has 14 heteroatoms. The lowest BCUT2D eigenvalue weighted by atomic mass is 9.81. The number of carbonyl (C=O) groups is 1. The van der Waals surface area contributed by atoms with Crippen LogP contribution in [0.2, 0.25) is 0 Å². The monoisotopic (exact) mass is 856 g/mol. The lowest BCUT2D eigenvalue weighted by Crippen LogP contribution is -2.28. The summed E-state index contributed by atoms with van der Waals surface area (Å²) < 4.78 is 55.0. The molecule has 1 aliphatic carbocycles. The standard InChI is InChI=1S/C44H59ClN3O8PS/c1-43(2)35-19-8-10-21-37(35)47(29-12-6-7-23-41(49)46-28-16-31-56-57(50,51)55-5)39(43)26-24-33-17-15-18-34(42(33)45)25-27-40-44(3,4)36-20-9-11-22-38(36)48(40)30-13-14-32-58(52,53)54/h8-11,19-22,24-27H,6-7,12-18,23,28-32H2,1-5H3,(H2-,46,49,50,51,52,53,54)/p+1. The Balaban J connectivity index is 1.28. The van der Waals surface area contributed by atoms with Gasteiger partial charge in [-0.15, -0.1) is 0 Å². The average molecular weight is 857 g/mol. The number of para-hydroxylation sites is 2. The molecule has 2 aliphatic heterocycles. The average Bonchev–Trinajstić information content (AvgIpc) is 3.53. The molecule has 2 heterocycles. The molecule has 0 aromatic heterocycles. The van der Waals surface area contributed by atoms with Gasteiger partial charge < -0.3 is 15.1 Å². The first-order valence-corrected chi connectivity index (χ1v) is 23.8. The van der Waals surface area contributed by atoms with Crippen LogP contribution in [0.1, 0.15) is 103 Å². The number of benzene rings is 2. The third-order valence-electron chi connectivity index (χ3n) is 11.4. The summed E-state index contributed by atoms with van der Waals surface area (Å²) in [4.78, 5) is 24.0. The van der Waals surface area contributed by atoms with Crippen molar-refractivity contribution < 1.29 is 40.8 Å². The molecule has 2 aromatic rings. The summed E-state index contributed by atoms with van der Waals surface area (Å²) in [7, 11) is -6.89. The highest BCUT2D eigenvalue weighted by atomic mass is 35.5. The lowest BCUT2D eigenvalue weighted by molar-refractivity contribution is -0.438. The van der Waals surface area contributed by atoms with E-state index in [-0.39, 0.29) is 29.1 Å². The highest BCUT2D eigenvalue weighted by molar-refractivity contribution is 7.85. The Bertz CT molecular complexity index is 2140. The number of rotatable bonds is 20. The number of carbonyl (C=O) groups excluding carboxylic acids is 1. The Morgan fingerprint density at radius 3 is 2.41 bits per heavy atom. The van der Waals surface area contributed by atoms with Gasteiger partial charge in [0.1, 0.15) is 6.54 Å². The maximum absolute atomic E-state index is 12.4. The van der Waals surface area contributed by atoms with E-state index in [1.54, 1.807) is 0 Å². The first kappa shape index (κ1) is 45.7. The largest absolute Gasteiger partial charge is 0.471 e. The summed E-state index contributed by atoms with van der Waals surface area (Å²) in [5, 5.41) is 3.63. The van der Waals surface area contributed by atoms with E-state index in [2.05, 4.69) is 114 Å². The van der Waals surface area contributed by atoms with Gasteiger partial charge in [-0.3, -0.25) is 18.4 Å². The van der Waals surface area contributed by atoms with Crippen LogP contribution < -0.4 is 10.2 Å². The Morgan fingerprint density at radius 1 is 0.948 bits per heavy atom. The van der Waals surface area contributed by atoms with Crippen molar-refractivity contribution in [1.29, 1.82) is 0 Å². The van der Waals surface area contributed by atoms with E-state index >= 15 is 0 Å². The van der Waals surface area contributed by atoms with Crippen LogP contribution in [0.5, 0.6) is 0 Å². The van der Waals surface area contributed by atoms with Crippen LogP contribution in [0.25, 0.3) is 0 Å². The highest BCUT2D eigenvalue weighted by Crippen LogP contribution is 2.48. The number of anilines is 1. The number of nitrogens with one attached hydrogen (secondary N) is 1. The second-order valence-electron chi connectivity index (χ2n) is 16.2. The zero-order valence-electron chi connectivity index (χ0n) is 34.5. The van der Waals surface area contributed by atoms with Crippen LogP contribution in [0.4, 0.5) is 11.4 Å². The van der Waals surface area contributed by atoms with Crippen molar-refractivity contribution >= 4 is 52.5 Å². The molecule has 0 saturated heterocycles. The van der Waals surface area contributed by atoms with Crippen LogP contribution in [0, 0.1) is 0 Å². The number of allylic oxidation sites excluding steroid dienone is 8. The first-order chi connectivity index (χ1) is 27.5. The molecule has 11 nitrogen and oxygen atoms in total. The molecule has 5 rings (SSSR count). The fourth-order valence-electron chi connectivity index (χ4n) is 8.24. The van der Waals surface area contributed by atoms with E-state index < -0.39 is 17.9 Å². The molecular formula is C44H60ClN3O8PS+. The Morgan fingerprint density at radius 2 is 1.67 bits per heavy atom. The second kappa shape index (κ2) is 19.8. The van der Waals surface area contributed by atoms with Crippen LogP contribution in [0.3, 0.4) is 0 Å². The van der Waals surface area contributed by atoms with E-state index in [4.69, 9.17) is 16.1 Å². The van der Waals surface area contributed by atoms with E-state index in [0.29, 0.717) is 38.8 Å². The van der Waals surface area contributed by atoms with E-state index in [1.165, 1.54) is 22.5 Å². The van der Waals surface area contributed by atoms with Gasteiger partial charge in [-0.2, -0.15) is 13.0 Å². The van der Waals surface area contributed by atoms with Gasteiger partial charge in [0.05, 0.1) is 17.8 Å². The molecule has 1 amide bonds. The number of halogens is 1. The van der Waals surface area contributed by atoms with Crippen molar-refractivity contribution in [3.63, 3.8) is 0 Å². The number of amides is 1. The van der Waals surface area contributed by atoms with Gasteiger partial charge in [-0.1, -0.05) is 74.0 Å². The topological polar surface area (TPSA) is 145 Å². The maximum Gasteiger partial charge on any atom is 0.471 e. The van der Waals surface area contributed by atoms with Crippen molar-refractivity contribution in [2.24, 2.45) is 0 Å². The molecule has 1 unspecified atom stereocenters. The minimum absolute atomic E-state index is 0.0167. The quantitative estimate of drug-likeness (QED) is 0.0513. The number of phosphoric acid groups is 1. The number of phosphoric ester groups is 1. The molecule has 3 aliphatic rings. The van der Waals surface area contributed by atoms with Gasteiger partial charge >= 0.3 is 7.82 Å².